The maximum Gasteiger partial charge on any atom is 0.159 e. The van der Waals surface area contributed by atoms with Crippen LogP contribution in [0.3, 0.4) is 0 Å². The van der Waals surface area contributed by atoms with Crippen LogP contribution in [-0.2, 0) is 0 Å². The van der Waals surface area contributed by atoms with E-state index in [2.05, 4.69) is 31.7 Å². The third kappa shape index (κ3) is 2.24. The molecule has 4 heterocycles. The predicted molar refractivity (Wildman–Crippen MR) is 94.9 cm³/mol. The summed E-state index contributed by atoms with van der Waals surface area (Å²) in [6, 6.07) is 16.0. The summed E-state index contributed by atoms with van der Waals surface area (Å²) in [5.41, 5.74) is 4.82. The van der Waals surface area contributed by atoms with Gasteiger partial charge in [0.2, 0.25) is 0 Å². The molecule has 0 saturated carbocycles. The fourth-order valence-electron chi connectivity index (χ4n) is 3.66. The van der Waals surface area contributed by atoms with Crippen LogP contribution in [0.15, 0.2) is 67.3 Å². The Kier molecular flexibility index (Phi) is 3.15. The summed E-state index contributed by atoms with van der Waals surface area (Å²) in [4.78, 5) is 13.1. The smallest absolute Gasteiger partial charge is 0.159 e. The fourth-order valence-corrected chi connectivity index (χ4v) is 3.66. The summed E-state index contributed by atoms with van der Waals surface area (Å²) < 4.78 is 2.13. The van der Waals surface area contributed by atoms with Crippen LogP contribution in [0.4, 0.5) is 0 Å². The second kappa shape index (κ2) is 5.50. The van der Waals surface area contributed by atoms with E-state index in [1.54, 1.807) is 6.20 Å². The van der Waals surface area contributed by atoms with Crippen molar-refractivity contribution < 1.29 is 5.11 Å². The molecule has 0 radical (unpaired) electrons. The van der Waals surface area contributed by atoms with Gasteiger partial charge in [0, 0.05) is 23.6 Å². The first-order valence-corrected chi connectivity index (χ1v) is 8.32. The van der Waals surface area contributed by atoms with Gasteiger partial charge in [0.05, 0.1) is 36.1 Å². The van der Waals surface area contributed by atoms with Gasteiger partial charge in [-0.15, -0.1) is 0 Å². The van der Waals surface area contributed by atoms with Gasteiger partial charge in [0.1, 0.15) is 0 Å². The molecule has 0 amide bonds. The van der Waals surface area contributed by atoms with Crippen LogP contribution in [0.1, 0.15) is 29.8 Å². The first kappa shape index (κ1) is 14.3. The number of rotatable bonds is 3. The number of nitrogens with zero attached hydrogens (tertiary/aromatic N) is 4. The summed E-state index contributed by atoms with van der Waals surface area (Å²) in [5.74, 6) is 0. The number of aromatic nitrogens is 4. The van der Waals surface area contributed by atoms with E-state index >= 15 is 0 Å². The Morgan fingerprint density at radius 3 is 2.96 bits per heavy atom. The molecule has 2 atom stereocenters. The third-order valence-corrected chi connectivity index (χ3v) is 4.87. The highest BCUT2D eigenvalue weighted by Gasteiger charge is 2.30. The Balaban J connectivity index is 1.50. The highest BCUT2D eigenvalue weighted by atomic mass is 16.3. The summed E-state index contributed by atoms with van der Waals surface area (Å²) >= 11 is 0. The van der Waals surface area contributed by atoms with E-state index in [0.29, 0.717) is 17.8 Å². The molecule has 0 spiro atoms. The van der Waals surface area contributed by atoms with Gasteiger partial charge >= 0.3 is 0 Å². The minimum absolute atomic E-state index is 0.0601. The molecule has 1 aromatic carbocycles. The van der Waals surface area contributed by atoms with Gasteiger partial charge in [-0.1, -0.05) is 24.3 Å². The van der Waals surface area contributed by atoms with Crippen LogP contribution >= 0.6 is 0 Å². The van der Waals surface area contributed by atoms with Gasteiger partial charge in [-0.2, -0.15) is 0 Å². The van der Waals surface area contributed by atoms with Gasteiger partial charge in [0.15, 0.2) is 5.65 Å². The highest BCUT2D eigenvalue weighted by molar-refractivity contribution is 5.74. The van der Waals surface area contributed by atoms with Crippen molar-refractivity contribution in [2.45, 2.75) is 18.6 Å². The average molecular weight is 328 g/mol. The standard InChI is InChI=1S/C20H16N4O/c25-19(16-8-7-13-4-3-9-22-20(13)23-16)10-17-14-5-1-2-6-15(14)18-11-21-12-24(17)18/h1-9,11-12,17,19,25H,10H2. The molecule has 1 aliphatic heterocycles. The van der Waals surface area contributed by atoms with Crippen LogP contribution in [0.25, 0.3) is 22.3 Å². The largest absolute Gasteiger partial charge is 0.387 e. The molecule has 5 heteroatoms. The Hall–Kier alpha value is -3.05. The van der Waals surface area contributed by atoms with Gasteiger partial charge in [0.25, 0.3) is 0 Å². The first-order chi connectivity index (χ1) is 12.3. The molecule has 0 bridgehead atoms. The van der Waals surface area contributed by atoms with Crippen molar-refractivity contribution in [2.75, 3.05) is 0 Å². The number of aliphatic hydroxyl groups excluding tert-OH is 1. The van der Waals surface area contributed by atoms with E-state index < -0.39 is 6.10 Å². The normalized spacial score (nSPS) is 16.6. The van der Waals surface area contributed by atoms with Crippen molar-refractivity contribution >= 4 is 11.0 Å². The number of imidazole rings is 1. The lowest BCUT2D eigenvalue weighted by atomic mass is 9.97. The minimum atomic E-state index is -0.669. The van der Waals surface area contributed by atoms with Crippen LogP contribution in [0, 0.1) is 0 Å². The lowest BCUT2D eigenvalue weighted by Crippen LogP contribution is -2.11. The molecule has 4 aromatic rings. The number of hydrogen-bond acceptors (Lipinski definition) is 4. The quantitative estimate of drug-likeness (QED) is 0.625. The van der Waals surface area contributed by atoms with Crippen LogP contribution in [0.2, 0.25) is 0 Å². The molecule has 0 fully saturated rings. The molecule has 3 aromatic heterocycles. The van der Waals surface area contributed by atoms with E-state index in [1.165, 1.54) is 11.1 Å². The monoisotopic (exact) mass is 328 g/mol. The van der Waals surface area contributed by atoms with E-state index in [0.717, 1.165) is 11.1 Å². The number of aliphatic hydroxyl groups is 1. The van der Waals surface area contributed by atoms with Crippen molar-refractivity contribution in [3.05, 3.63) is 78.5 Å². The van der Waals surface area contributed by atoms with Crippen molar-refractivity contribution in [1.82, 2.24) is 19.5 Å². The number of pyridine rings is 2. The van der Waals surface area contributed by atoms with Crippen molar-refractivity contribution in [1.29, 1.82) is 0 Å². The Labute approximate surface area is 144 Å². The second-order valence-corrected chi connectivity index (χ2v) is 6.33. The molecule has 5 nitrogen and oxygen atoms in total. The summed E-state index contributed by atoms with van der Waals surface area (Å²) in [7, 11) is 0. The van der Waals surface area contributed by atoms with E-state index in [1.807, 2.05) is 48.9 Å². The molecule has 2 unspecified atom stereocenters. The van der Waals surface area contributed by atoms with E-state index in [9.17, 15) is 5.11 Å². The molecule has 0 aliphatic carbocycles. The number of fused-ring (bicyclic) bond motifs is 4. The van der Waals surface area contributed by atoms with E-state index in [-0.39, 0.29) is 6.04 Å². The lowest BCUT2D eigenvalue weighted by Gasteiger charge is -2.19. The average Bonchev–Trinajstić information content (AvgIpc) is 3.24. The predicted octanol–water partition coefficient (Wildman–Crippen LogP) is 3.52. The van der Waals surface area contributed by atoms with Crippen molar-refractivity contribution in [3.63, 3.8) is 0 Å². The fraction of sp³-hybridized carbons (Fsp3) is 0.150. The Morgan fingerprint density at radius 2 is 2.00 bits per heavy atom. The Morgan fingerprint density at radius 1 is 1.08 bits per heavy atom. The maximum atomic E-state index is 10.8. The van der Waals surface area contributed by atoms with Gasteiger partial charge in [-0.3, -0.25) is 0 Å². The second-order valence-electron chi connectivity index (χ2n) is 6.33. The van der Waals surface area contributed by atoms with Crippen LogP contribution in [0.5, 0.6) is 0 Å². The topological polar surface area (TPSA) is 63.8 Å². The van der Waals surface area contributed by atoms with Gasteiger partial charge in [-0.25, -0.2) is 15.0 Å². The molecule has 122 valence electrons. The number of hydrogen-bond donors (Lipinski definition) is 1. The zero-order chi connectivity index (χ0) is 16.8. The van der Waals surface area contributed by atoms with Crippen LogP contribution < -0.4 is 0 Å². The summed E-state index contributed by atoms with van der Waals surface area (Å²) in [5, 5.41) is 11.8. The lowest BCUT2D eigenvalue weighted by molar-refractivity contribution is 0.149. The third-order valence-electron chi connectivity index (χ3n) is 4.87. The minimum Gasteiger partial charge on any atom is -0.387 e. The molecule has 0 saturated heterocycles. The SMILES string of the molecule is OC(CC1c2ccccc2-c2cncn21)c1ccc2cccnc2n1. The van der Waals surface area contributed by atoms with Gasteiger partial charge in [-0.05, 0) is 29.8 Å². The Bertz CT molecular complexity index is 1070. The molecule has 25 heavy (non-hydrogen) atoms. The molecular weight excluding hydrogens is 312 g/mol. The molecule has 5 rings (SSSR count). The van der Waals surface area contributed by atoms with Crippen molar-refractivity contribution in [2.24, 2.45) is 0 Å². The maximum absolute atomic E-state index is 10.8. The highest BCUT2D eigenvalue weighted by Crippen LogP contribution is 2.42. The zero-order valence-electron chi connectivity index (χ0n) is 13.4. The first-order valence-electron chi connectivity index (χ1n) is 8.32. The number of benzene rings is 1. The van der Waals surface area contributed by atoms with Crippen molar-refractivity contribution in [3.8, 4) is 11.3 Å². The zero-order valence-corrected chi connectivity index (χ0v) is 13.4. The van der Waals surface area contributed by atoms with Gasteiger partial charge < -0.3 is 9.67 Å². The van der Waals surface area contributed by atoms with E-state index in [4.69, 9.17) is 0 Å². The summed E-state index contributed by atoms with van der Waals surface area (Å²) in [6.45, 7) is 0. The molecule has 1 aliphatic rings. The van der Waals surface area contributed by atoms with Crippen LogP contribution in [-0.4, -0.2) is 24.6 Å². The summed E-state index contributed by atoms with van der Waals surface area (Å²) in [6.07, 6.45) is 5.31. The molecular formula is C20H16N4O. The molecule has 1 N–H and O–H groups in total.